The molecule has 0 aliphatic heterocycles. The molecule has 1 rings (SSSR count). The molecule has 1 atom stereocenters. The minimum atomic E-state index is -1.20. The standard InChI is InChI=1S/C12H14N2O6/c13-9(12(16)17)5-6-11(15)20-7-8-3-1-2-4-10(8)14(18)19/h1-4,9H,5-7,13H2,(H,16,17). The van der Waals surface area contributed by atoms with Gasteiger partial charge in [-0.15, -0.1) is 0 Å². The summed E-state index contributed by atoms with van der Waals surface area (Å²) in [6, 6.07) is 4.76. The highest BCUT2D eigenvalue weighted by Crippen LogP contribution is 2.18. The summed E-state index contributed by atoms with van der Waals surface area (Å²) in [5.41, 5.74) is 5.37. The molecule has 0 radical (unpaired) electrons. The number of carboxylic acids is 1. The fraction of sp³-hybridized carbons (Fsp3) is 0.333. The van der Waals surface area contributed by atoms with Crippen molar-refractivity contribution in [2.75, 3.05) is 0 Å². The Kier molecular flexibility index (Phi) is 5.60. The Morgan fingerprint density at radius 3 is 2.65 bits per heavy atom. The van der Waals surface area contributed by atoms with Crippen molar-refractivity contribution in [2.45, 2.75) is 25.5 Å². The Morgan fingerprint density at radius 2 is 2.05 bits per heavy atom. The number of nitro benzene ring substituents is 1. The van der Waals surface area contributed by atoms with Gasteiger partial charge in [0.25, 0.3) is 5.69 Å². The van der Waals surface area contributed by atoms with Crippen LogP contribution in [0.25, 0.3) is 0 Å². The Labute approximate surface area is 114 Å². The number of para-hydroxylation sites is 1. The molecule has 0 heterocycles. The lowest BCUT2D eigenvalue weighted by atomic mass is 10.1. The minimum absolute atomic E-state index is 0.0505. The number of carbonyl (C=O) groups excluding carboxylic acids is 1. The van der Waals surface area contributed by atoms with Gasteiger partial charge in [-0.1, -0.05) is 12.1 Å². The van der Waals surface area contributed by atoms with Gasteiger partial charge in [-0.25, -0.2) is 0 Å². The monoisotopic (exact) mass is 282 g/mol. The molecule has 0 aliphatic carbocycles. The molecule has 1 aromatic rings. The highest BCUT2D eigenvalue weighted by atomic mass is 16.6. The van der Waals surface area contributed by atoms with Gasteiger partial charge in [-0.2, -0.15) is 0 Å². The van der Waals surface area contributed by atoms with Gasteiger partial charge < -0.3 is 15.6 Å². The second-order valence-electron chi connectivity index (χ2n) is 4.03. The number of esters is 1. The van der Waals surface area contributed by atoms with Crippen LogP contribution in [0.5, 0.6) is 0 Å². The van der Waals surface area contributed by atoms with Crippen LogP contribution in [-0.2, 0) is 20.9 Å². The smallest absolute Gasteiger partial charge is 0.320 e. The number of hydrogen-bond acceptors (Lipinski definition) is 6. The summed E-state index contributed by atoms with van der Waals surface area (Å²) in [7, 11) is 0. The lowest BCUT2D eigenvalue weighted by Crippen LogP contribution is -2.30. The van der Waals surface area contributed by atoms with E-state index in [0.717, 1.165) is 0 Å². The molecule has 0 saturated carbocycles. The molecule has 20 heavy (non-hydrogen) atoms. The van der Waals surface area contributed by atoms with E-state index in [0.29, 0.717) is 0 Å². The molecular weight excluding hydrogens is 268 g/mol. The Bertz CT molecular complexity index is 516. The summed E-state index contributed by atoms with van der Waals surface area (Å²) >= 11 is 0. The van der Waals surface area contributed by atoms with Crippen LogP contribution < -0.4 is 5.73 Å². The van der Waals surface area contributed by atoms with Crippen LogP contribution in [-0.4, -0.2) is 28.0 Å². The van der Waals surface area contributed by atoms with Crippen molar-refractivity contribution in [3.05, 3.63) is 39.9 Å². The zero-order valence-corrected chi connectivity index (χ0v) is 10.5. The first-order valence-electron chi connectivity index (χ1n) is 5.78. The molecule has 0 aromatic heterocycles. The molecule has 1 unspecified atom stereocenters. The number of carbonyl (C=O) groups is 2. The molecule has 0 saturated heterocycles. The molecule has 0 amide bonds. The van der Waals surface area contributed by atoms with Gasteiger partial charge in [-0.05, 0) is 12.5 Å². The maximum Gasteiger partial charge on any atom is 0.320 e. The summed E-state index contributed by atoms with van der Waals surface area (Å²) in [6.45, 7) is -0.238. The number of hydrogen-bond donors (Lipinski definition) is 2. The van der Waals surface area contributed by atoms with Gasteiger partial charge in [0.05, 0.1) is 10.5 Å². The van der Waals surface area contributed by atoms with E-state index in [1.54, 1.807) is 6.07 Å². The summed E-state index contributed by atoms with van der Waals surface area (Å²) in [6.07, 6.45) is -0.209. The second-order valence-corrected chi connectivity index (χ2v) is 4.03. The van der Waals surface area contributed by atoms with Crippen LogP contribution in [0.15, 0.2) is 24.3 Å². The third-order valence-electron chi connectivity index (χ3n) is 2.55. The van der Waals surface area contributed by atoms with Gasteiger partial charge in [0.1, 0.15) is 12.6 Å². The zero-order chi connectivity index (χ0) is 15.1. The molecule has 0 aliphatic rings. The van der Waals surface area contributed by atoms with Gasteiger partial charge in [0, 0.05) is 12.5 Å². The predicted molar refractivity (Wildman–Crippen MR) is 67.7 cm³/mol. The molecule has 8 nitrogen and oxygen atoms in total. The summed E-state index contributed by atoms with van der Waals surface area (Å²) in [5.74, 6) is -1.85. The zero-order valence-electron chi connectivity index (χ0n) is 10.5. The van der Waals surface area contributed by atoms with Crippen molar-refractivity contribution in [3.8, 4) is 0 Å². The number of nitro groups is 1. The van der Waals surface area contributed by atoms with Gasteiger partial charge in [-0.3, -0.25) is 19.7 Å². The highest BCUT2D eigenvalue weighted by molar-refractivity contribution is 5.75. The Hall–Kier alpha value is -2.48. The minimum Gasteiger partial charge on any atom is -0.480 e. The van der Waals surface area contributed by atoms with Crippen LogP contribution in [0, 0.1) is 10.1 Å². The number of benzene rings is 1. The number of rotatable bonds is 7. The molecule has 0 bridgehead atoms. The third-order valence-corrected chi connectivity index (χ3v) is 2.55. The molecule has 0 fully saturated rings. The summed E-state index contributed by atoms with van der Waals surface area (Å²) < 4.78 is 4.86. The van der Waals surface area contributed by atoms with Crippen molar-refractivity contribution in [1.82, 2.24) is 0 Å². The second kappa shape index (κ2) is 7.19. The van der Waals surface area contributed by atoms with E-state index in [1.165, 1.54) is 18.2 Å². The maximum absolute atomic E-state index is 11.4. The molecule has 8 heteroatoms. The Morgan fingerprint density at radius 1 is 1.40 bits per heavy atom. The lowest BCUT2D eigenvalue weighted by Gasteiger charge is -2.07. The predicted octanol–water partition coefficient (Wildman–Crippen LogP) is 0.830. The average Bonchev–Trinajstić information content (AvgIpc) is 2.42. The van der Waals surface area contributed by atoms with E-state index in [2.05, 4.69) is 0 Å². The number of aliphatic carboxylic acids is 1. The average molecular weight is 282 g/mol. The van der Waals surface area contributed by atoms with Crippen molar-refractivity contribution in [3.63, 3.8) is 0 Å². The molecule has 1 aromatic carbocycles. The first kappa shape index (κ1) is 15.6. The fourth-order valence-electron chi connectivity index (χ4n) is 1.44. The molecule has 108 valence electrons. The SMILES string of the molecule is NC(CCC(=O)OCc1ccccc1[N+](=O)[O-])C(=O)O. The van der Waals surface area contributed by atoms with Crippen LogP contribution >= 0.6 is 0 Å². The number of nitrogens with two attached hydrogens (primary N) is 1. The van der Waals surface area contributed by atoms with Crippen molar-refractivity contribution >= 4 is 17.6 Å². The first-order valence-corrected chi connectivity index (χ1v) is 5.78. The normalized spacial score (nSPS) is 11.7. The molecule has 0 spiro atoms. The number of carboxylic acid groups (broad SMARTS) is 1. The van der Waals surface area contributed by atoms with E-state index >= 15 is 0 Å². The van der Waals surface area contributed by atoms with Gasteiger partial charge in [0.2, 0.25) is 0 Å². The van der Waals surface area contributed by atoms with Gasteiger partial charge in [0.15, 0.2) is 0 Å². The number of ether oxygens (including phenoxy) is 1. The van der Waals surface area contributed by atoms with Crippen molar-refractivity contribution in [1.29, 1.82) is 0 Å². The molecule has 3 N–H and O–H groups in total. The number of nitrogens with zero attached hydrogens (tertiary/aromatic N) is 1. The van der Waals surface area contributed by atoms with E-state index < -0.39 is 22.9 Å². The highest BCUT2D eigenvalue weighted by Gasteiger charge is 2.16. The van der Waals surface area contributed by atoms with Crippen LogP contribution in [0.1, 0.15) is 18.4 Å². The van der Waals surface area contributed by atoms with Crippen molar-refractivity contribution in [2.24, 2.45) is 5.73 Å². The van der Waals surface area contributed by atoms with Gasteiger partial charge >= 0.3 is 11.9 Å². The largest absolute Gasteiger partial charge is 0.480 e. The topological polar surface area (TPSA) is 133 Å². The Balaban J connectivity index is 2.49. The van der Waals surface area contributed by atoms with E-state index in [-0.39, 0.29) is 30.7 Å². The summed E-state index contributed by atoms with van der Waals surface area (Å²) in [4.78, 5) is 32.0. The summed E-state index contributed by atoms with van der Waals surface area (Å²) in [5, 5.41) is 19.3. The lowest BCUT2D eigenvalue weighted by molar-refractivity contribution is -0.385. The third kappa shape index (κ3) is 4.65. The van der Waals surface area contributed by atoms with Crippen LogP contribution in [0.2, 0.25) is 0 Å². The van der Waals surface area contributed by atoms with Crippen molar-refractivity contribution < 1.29 is 24.4 Å². The van der Waals surface area contributed by atoms with E-state index in [1.807, 2.05) is 0 Å². The maximum atomic E-state index is 11.4. The van der Waals surface area contributed by atoms with Crippen LogP contribution in [0.4, 0.5) is 5.69 Å². The molecular formula is C12H14N2O6. The quantitative estimate of drug-likeness (QED) is 0.430. The van der Waals surface area contributed by atoms with E-state index in [4.69, 9.17) is 15.6 Å². The van der Waals surface area contributed by atoms with E-state index in [9.17, 15) is 19.7 Å². The first-order chi connectivity index (χ1) is 9.41. The van der Waals surface area contributed by atoms with Crippen LogP contribution in [0.3, 0.4) is 0 Å². The fourth-order valence-corrected chi connectivity index (χ4v) is 1.44.